The highest BCUT2D eigenvalue weighted by Crippen LogP contribution is 2.22. The number of thiophene rings is 1. The van der Waals surface area contributed by atoms with Crippen molar-refractivity contribution in [3.05, 3.63) is 94.2 Å². The van der Waals surface area contributed by atoms with E-state index in [0.29, 0.717) is 11.1 Å². The number of benzene rings is 2. The molecule has 0 fully saturated rings. The van der Waals surface area contributed by atoms with E-state index in [-0.39, 0.29) is 6.61 Å². The van der Waals surface area contributed by atoms with Gasteiger partial charge >= 0.3 is 11.9 Å². The summed E-state index contributed by atoms with van der Waals surface area (Å²) < 4.78 is 10.8. The van der Waals surface area contributed by atoms with Crippen LogP contribution in [0.25, 0.3) is 0 Å². The molecule has 0 saturated heterocycles. The molecule has 0 radical (unpaired) electrons. The normalized spacial score (nSPS) is 11.5. The van der Waals surface area contributed by atoms with Crippen molar-refractivity contribution >= 4 is 23.3 Å². The number of rotatable bonds is 6. The molecule has 5 heteroatoms. The maximum Gasteiger partial charge on any atom is 0.352 e. The maximum atomic E-state index is 12.5. The molecule has 126 valence electrons. The predicted octanol–water partition coefficient (Wildman–Crippen LogP) is 4.39. The zero-order valence-electron chi connectivity index (χ0n) is 13.3. The monoisotopic (exact) mass is 352 g/mol. The van der Waals surface area contributed by atoms with Crippen LogP contribution in [0.4, 0.5) is 0 Å². The lowest BCUT2D eigenvalue weighted by molar-refractivity contribution is -0.155. The van der Waals surface area contributed by atoms with E-state index in [2.05, 4.69) is 0 Å². The summed E-state index contributed by atoms with van der Waals surface area (Å²) in [7, 11) is 0. The molecule has 0 aliphatic heterocycles. The molecule has 0 amide bonds. The average molecular weight is 352 g/mol. The van der Waals surface area contributed by atoms with Gasteiger partial charge in [-0.3, -0.25) is 0 Å². The van der Waals surface area contributed by atoms with Gasteiger partial charge in [-0.25, -0.2) is 9.59 Å². The van der Waals surface area contributed by atoms with E-state index < -0.39 is 18.0 Å². The van der Waals surface area contributed by atoms with Crippen molar-refractivity contribution in [1.82, 2.24) is 0 Å². The summed E-state index contributed by atoms with van der Waals surface area (Å²) in [6, 6.07) is 19.9. The molecule has 4 nitrogen and oxygen atoms in total. The summed E-state index contributed by atoms with van der Waals surface area (Å²) in [4.78, 5) is 24.8. The zero-order chi connectivity index (χ0) is 17.5. The second kappa shape index (κ2) is 8.26. The van der Waals surface area contributed by atoms with Crippen molar-refractivity contribution in [3.8, 4) is 0 Å². The van der Waals surface area contributed by atoms with Crippen molar-refractivity contribution in [2.45, 2.75) is 12.7 Å². The molecule has 0 N–H and O–H groups in total. The van der Waals surface area contributed by atoms with Gasteiger partial charge in [-0.1, -0.05) is 60.7 Å². The van der Waals surface area contributed by atoms with E-state index in [0.717, 1.165) is 5.56 Å². The minimum absolute atomic E-state index is 0.124. The molecule has 3 aromatic rings. The molecule has 3 rings (SSSR count). The van der Waals surface area contributed by atoms with Crippen molar-refractivity contribution in [3.63, 3.8) is 0 Å². The number of ether oxygens (including phenoxy) is 2. The lowest BCUT2D eigenvalue weighted by atomic mass is 10.1. The Morgan fingerprint density at radius 1 is 0.920 bits per heavy atom. The Morgan fingerprint density at radius 3 is 2.24 bits per heavy atom. The first kappa shape index (κ1) is 16.9. The van der Waals surface area contributed by atoms with E-state index >= 15 is 0 Å². The van der Waals surface area contributed by atoms with Crippen molar-refractivity contribution in [1.29, 1.82) is 0 Å². The Balaban J connectivity index is 1.74. The third kappa shape index (κ3) is 4.55. The van der Waals surface area contributed by atoms with Crippen molar-refractivity contribution in [2.75, 3.05) is 0 Å². The minimum atomic E-state index is -1.10. The predicted molar refractivity (Wildman–Crippen MR) is 95.2 cm³/mol. The van der Waals surface area contributed by atoms with E-state index in [1.807, 2.05) is 36.4 Å². The first-order valence-electron chi connectivity index (χ1n) is 7.73. The molecule has 0 saturated carbocycles. The summed E-state index contributed by atoms with van der Waals surface area (Å²) >= 11 is 1.39. The topological polar surface area (TPSA) is 52.6 Å². The van der Waals surface area contributed by atoms with Crippen LogP contribution in [0.1, 0.15) is 27.6 Å². The number of esters is 2. The molecule has 1 heterocycles. The van der Waals surface area contributed by atoms with Crippen LogP contribution in [0.2, 0.25) is 0 Å². The molecular weight excluding hydrogens is 336 g/mol. The third-order valence-corrected chi connectivity index (χ3v) is 4.21. The number of carbonyl (C=O) groups is 2. The molecule has 25 heavy (non-hydrogen) atoms. The smallest absolute Gasteiger partial charge is 0.352 e. The van der Waals surface area contributed by atoms with Crippen LogP contribution in [0.3, 0.4) is 0 Å². The summed E-state index contributed by atoms with van der Waals surface area (Å²) in [5.74, 6) is -1.15. The van der Waals surface area contributed by atoms with Gasteiger partial charge in [0.15, 0.2) is 0 Å². The van der Waals surface area contributed by atoms with Gasteiger partial charge in [-0.15, -0.1) is 0 Å². The van der Waals surface area contributed by atoms with Gasteiger partial charge < -0.3 is 9.47 Å². The van der Waals surface area contributed by atoms with Crippen LogP contribution in [0.5, 0.6) is 0 Å². The van der Waals surface area contributed by atoms with Crippen molar-refractivity contribution in [2.24, 2.45) is 0 Å². The highest BCUT2D eigenvalue weighted by molar-refractivity contribution is 7.08. The van der Waals surface area contributed by atoms with E-state index in [9.17, 15) is 9.59 Å². The van der Waals surface area contributed by atoms with Gasteiger partial charge in [-0.05, 0) is 17.0 Å². The largest absolute Gasteiger partial charge is 0.458 e. The Hall–Kier alpha value is -2.92. The second-order valence-corrected chi connectivity index (χ2v) is 6.08. The molecule has 2 aromatic carbocycles. The Kier molecular flexibility index (Phi) is 5.59. The first-order valence-corrected chi connectivity index (χ1v) is 8.67. The molecule has 0 aliphatic carbocycles. The van der Waals surface area contributed by atoms with Gasteiger partial charge in [0.2, 0.25) is 6.10 Å². The molecule has 1 unspecified atom stereocenters. The molecular formula is C20H16O4S. The summed E-state index contributed by atoms with van der Waals surface area (Å²) in [5, 5.41) is 3.46. The van der Waals surface area contributed by atoms with Gasteiger partial charge in [0.1, 0.15) is 6.61 Å². The zero-order valence-corrected chi connectivity index (χ0v) is 14.1. The highest BCUT2D eigenvalue weighted by atomic mass is 32.1. The Bertz CT molecular complexity index is 813. The molecule has 0 spiro atoms. The SMILES string of the molecule is O=C(OC(C(=O)OCc1ccccc1)c1ccccc1)c1ccsc1. The number of hydrogen-bond acceptors (Lipinski definition) is 5. The Morgan fingerprint density at radius 2 is 1.60 bits per heavy atom. The van der Waals surface area contributed by atoms with Crippen LogP contribution in [0, 0.1) is 0 Å². The van der Waals surface area contributed by atoms with Crippen LogP contribution in [-0.2, 0) is 20.9 Å². The lowest BCUT2D eigenvalue weighted by Crippen LogP contribution is -2.22. The molecule has 1 aromatic heterocycles. The molecule has 0 bridgehead atoms. The van der Waals surface area contributed by atoms with Gasteiger partial charge in [0, 0.05) is 10.9 Å². The van der Waals surface area contributed by atoms with E-state index in [1.54, 1.807) is 41.1 Å². The standard InChI is InChI=1S/C20H16O4S/c21-19(17-11-12-25-14-17)24-18(16-9-5-2-6-10-16)20(22)23-13-15-7-3-1-4-8-15/h1-12,14,18H,13H2. The second-order valence-electron chi connectivity index (χ2n) is 5.30. The van der Waals surface area contributed by atoms with Crippen LogP contribution in [-0.4, -0.2) is 11.9 Å². The fraction of sp³-hybridized carbons (Fsp3) is 0.100. The third-order valence-electron chi connectivity index (χ3n) is 3.52. The average Bonchev–Trinajstić information content (AvgIpc) is 3.20. The van der Waals surface area contributed by atoms with Crippen LogP contribution < -0.4 is 0 Å². The van der Waals surface area contributed by atoms with Crippen LogP contribution >= 0.6 is 11.3 Å². The number of carbonyl (C=O) groups excluding carboxylic acids is 2. The summed E-state index contributed by atoms with van der Waals surface area (Å²) in [6.45, 7) is 0.124. The summed E-state index contributed by atoms with van der Waals surface area (Å²) in [6.07, 6.45) is -1.10. The van der Waals surface area contributed by atoms with Gasteiger partial charge in [0.25, 0.3) is 0 Å². The fourth-order valence-corrected chi connectivity index (χ4v) is 2.87. The minimum Gasteiger partial charge on any atom is -0.458 e. The number of hydrogen-bond donors (Lipinski definition) is 0. The summed E-state index contributed by atoms with van der Waals surface area (Å²) in [5.41, 5.74) is 1.86. The lowest BCUT2D eigenvalue weighted by Gasteiger charge is -2.17. The molecule has 0 aliphatic rings. The quantitative estimate of drug-likeness (QED) is 0.618. The van der Waals surface area contributed by atoms with Crippen LogP contribution in [0.15, 0.2) is 77.5 Å². The van der Waals surface area contributed by atoms with Gasteiger partial charge in [0.05, 0.1) is 5.56 Å². The van der Waals surface area contributed by atoms with Crippen molar-refractivity contribution < 1.29 is 19.1 Å². The van der Waals surface area contributed by atoms with E-state index in [4.69, 9.17) is 9.47 Å². The highest BCUT2D eigenvalue weighted by Gasteiger charge is 2.27. The maximum absolute atomic E-state index is 12.5. The molecule has 1 atom stereocenters. The first-order chi connectivity index (χ1) is 12.2. The van der Waals surface area contributed by atoms with Gasteiger partial charge in [-0.2, -0.15) is 11.3 Å². The van der Waals surface area contributed by atoms with E-state index in [1.165, 1.54) is 11.3 Å². The Labute approximate surface area is 149 Å². The fourth-order valence-electron chi connectivity index (χ4n) is 2.24.